The van der Waals surface area contributed by atoms with Crippen LogP contribution in [0.15, 0.2) is 61.1 Å². The first-order chi connectivity index (χ1) is 13.7. The van der Waals surface area contributed by atoms with Crippen molar-refractivity contribution < 1.29 is 19.0 Å². The Hall–Kier alpha value is -3.61. The Balaban J connectivity index is 1.60. The van der Waals surface area contributed by atoms with Gasteiger partial charge in [0.15, 0.2) is 0 Å². The molecular formula is C21H21N3O4. The van der Waals surface area contributed by atoms with Crippen LogP contribution in [0.25, 0.3) is 0 Å². The molecule has 144 valence electrons. The molecule has 3 rings (SSSR count). The molecule has 0 aliphatic heterocycles. The molecule has 0 atom stereocenters. The van der Waals surface area contributed by atoms with Crippen molar-refractivity contribution in [2.45, 2.75) is 12.8 Å². The number of ether oxygens (including phenoxy) is 3. The van der Waals surface area contributed by atoms with Gasteiger partial charge in [-0.2, -0.15) is 0 Å². The van der Waals surface area contributed by atoms with Crippen LogP contribution in [0.4, 0.5) is 5.69 Å². The molecule has 0 aliphatic carbocycles. The zero-order chi connectivity index (χ0) is 19.8. The molecule has 7 heteroatoms. The highest BCUT2D eigenvalue weighted by atomic mass is 16.5. The van der Waals surface area contributed by atoms with Gasteiger partial charge in [-0.05, 0) is 42.3 Å². The first kappa shape index (κ1) is 19.2. The van der Waals surface area contributed by atoms with Gasteiger partial charge >= 0.3 is 0 Å². The summed E-state index contributed by atoms with van der Waals surface area (Å²) < 4.78 is 16.2. The van der Waals surface area contributed by atoms with Crippen molar-refractivity contribution in [3.05, 3.63) is 66.6 Å². The summed E-state index contributed by atoms with van der Waals surface area (Å²) in [5, 5.41) is 2.88. The molecule has 0 aliphatic rings. The van der Waals surface area contributed by atoms with E-state index in [4.69, 9.17) is 14.2 Å². The number of carbonyl (C=O) groups is 1. The minimum atomic E-state index is -0.110. The molecule has 1 heterocycles. The number of hydrogen-bond acceptors (Lipinski definition) is 6. The first-order valence-electron chi connectivity index (χ1n) is 8.72. The minimum absolute atomic E-state index is 0.110. The van der Waals surface area contributed by atoms with Crippen LogP contribution in [0.1, 0.15) is 12.0 Å². The van der Waals surface area contributed by atoms with Crippen molar-refractivity contribution in [2.24, 2.45) is 0 Å². The zero-order valence-corrected chi connectivity index (χ0v) is 15.7. The van der Waals surface area contributed by atoms with E-state index in [0.717, 1.165) is 17.1 Å². The SMILES string of the molecule is COc1ccc(OC)c(CCC(=O)Nc2cccc(Oc3cnccn3)c2)c1. The maximum Gasteiger partial charge on any atom is 0.237 e. The summed E-state index contributed by atoms with van der Waals surface area (Å²) in [7, 11) is 3.21. The first-order valence-corrected chi connectivity index (χ1v) is 8.72. The summed E-state index contributed by atoms with van der Waals surface area (Å²) in [5.41, 5.74) is 1.56. The lowest BCUT2D eigenvalue weighted by Gasteiger charge is -2.11. The fourth-order valence-corrected chi connectivity index (χ4v) is 2.65. The fourth-order valence-electron chi connectivity index (χ4n) is 2.65. The summed E-state index contributed by atoms with van der Waals surface area (Å²) in [6.45, 7) is 0. The van der Waals surface area contributed by atoms with Crippen molar-refractivity contribution >= 4 is 11.6 Å². The highest BCUT2D eigenvalue weighted by Gasteiger charge is 2.09. The van der Waals surface area contributed by atoms with Crippen LogP contribution >= 0.6 is 0 Å². The molecule has 0 saturated heterocycles. The van der Waals surface area contributed by atoms with Crippen LogP contribution in [0, 0.1) is 0 Å². The molecule has 1 amide bonds. The lowest BCUT2D eigenvalue weighted by Crippen LogP contribution is -2.12. The van der Waals surface area contributed by atoms with Crippen molar-refractivity contribution in [2.75, 3.05) is 19.5 Å². The quantitative estimate of drug-likeness (QED) is 0.640. The maximum atomic E-state index is 12.4. The Bertz CT molecular complexity index is 932. The second-order valence-corrected chi connectivity index (χ2v) is 5.90. The molecule has 0 bridgehead atoms. The Morgan fingerprint density at radius 2 is 1.93 bits per heavy atom. The highest BCUT2D eigenvalue weighted by Crippen LogP contribution is 2.26. The number of aromatic nitrogens is 2. The van der Waals surface area contributed by atoms with E-state index < -0.39 is 0 Å². The molecule has 28 heavy (non-hydrogen) atoms. The average Bonchev–Trinajstić information content (AvgIpc) is 2.73. The van der Waals surface area contributed by atoms with E-state index in [2.05, 4.69) is 15.3 Å². The molecule has 0 fully saturated rings. The third-order valence-electron chi connectivity index (χ3n) is 3.99. The van der Waals surface area contributed by atoms with E-state index in [1.807, 2.05) is 18.2 Å². The van der Waals surface area contributed by atoms with Crippen molar-refractivity contribution in [1.82, 2.24) is 9.97 Å². The van der Waals surface area contributed by atoms with Gasteiger partial charge in [0.2, 0.25) is 11.8 Å². The Morgan fingerprint density at radius 1 is 1.04 bits per heavy atom. The molecule has 0 radical (unpaired) electrons. The topological polar surface area (TPSA) is 82.6 Å². The van der Waals surface area contributed by atoms with E-state index in [0.29, 0.717) is 30.2 Å². The van der Waals surface area contributed by atoms with Crippen molar-refractivity contribution in [1.29, 1.82) is 0 Å². The molecule has 3 aromatic rings. The number of rotatable bonds is 8. The highest BCUT2D eigenvalue weighted by molar-refractivity contribution is 5.91. The second-order valence-electron chi connectivity index (χ2n) is 5.90. The van der Waals surface area contributed by atoms with Crippen LogP contribution in [-0.4, -0.2) is 30.1 Å². The number of anilines is 1. The van der Waals surface area contributed by atoms with Gasteiger partial charge in [-0.1, -0.05) is 6.07 Å². The molecule has 0 saturated carbocycles. The van der Waals surface area contributed by atoms with Gasteiger partial charge in [-0.3, -0.25) is 9.78 Å². The molecule has 1 aromatic heterocycles. The molecule has 7 nitrogen and oxygen atoms in total. The van der Waals surface area contributed by atoms with Crippen LogP contribution in [-0.2, 0) is 11.2 Å². The monoisotopic (exact) mass is 379 g/mol. The maximum absolute atomic E-state index is 12.4. The molecule has 0 unspecified atom stereocenters. The van der Waals surface area contributed by atoms with Gasteiger partial charge in [-0.25, -0.2) is 4.98 Å². The van der Waals surface area contributed by atoms with Gasteiger partial charge in [-0.15, -0.1) is 0 Å². The third kappa shape index (κ3) is 5.20. The smallest absolute Gasteiger partial charge is 0.237 e. The van der Waals surface area contributed by atoms with Crippen molar-refractivity contribution in [3.63, 3.8) is 0 Å². The van der Waals surface area contributed by atoms with Gasteiger partial charge in [0.25, 0.3) is 0 Å². The van der Waals surface area contributed by atoms with Gasteiger partial charge in [0.05, 0.1) is 20.4 Å². The largest absolute Gasteiger partial charge is 0.497 e. The fraction of sp³-hybridized carbons (Fsp3) is 0.190. The van der Waals surface area contributed by atoms with Crippen LogP contribution < -0.4 is 19.5 Å². The normalized spacial score (nSPS) is 10.2. The predicted molar refractivity (Wildman–Crippen MR) is 105 cm³/mol. The summed E-state index contributed by atoms with van der Waals surface area (Å²) in [6.07, 6.45) is 5.47. The Kier molecular flexibility index (Phi) is 6.41. The van der Waals surface area contributed by atoms with E-state index >= 15 is 0 Å². The van der Waals surface area contributed by atoms with E-state index in [1.54, 1.807) is 50.9 Å². The number of nitrogens with zero attached hydrogens (tertiary/aromatic N) is 2. The lowest BCUT2D eigenvalue weighted by molar-refractivity contribution is -0.116. The number of hydrogen-bond donors (Lipinski definition) is 1. The molecule has 2 aromatic carbocycles. The second kappa shape index (κ2) is 9.36. The standard InChI is InChI=1S/C21H21N3O4/c1-26-17-7-8-19(27-2)15(12-17)6-9-20(25)24-16-4-3-5-18(13-16)28-21-14-22-10-11-23-21/h3-5,7-8,10-14H,6,9H2,1-2H3,(H,24,25). The Morgan fingerprint density at radius 3 is 2.68 bits per heavy atom. The number of methoxy groups -OCH3 is 2. The van der Waals surface area contributed by atoms with E-state index in [9.17, 15) is 4.79 Å². The Labute approximate surface area is 163 Å². The molecular weight excluding hydrogens is 358 g/mol. The summed E-state index contributed by atoms with van der Waals surface area (Å²) in [4.78, 5) is 20.4. The number of benzene rings is 2. The summed E-state index contributed by atoms with van der Waals surface area (Å²) in [5.74, 6) is 2.29. The number of nitrogens with one attached hydrogen (secondary N) is 1. The summed E-state index contributed by atoms with van der Waals surface area (Å²) in [6, 6.07) is 12.6. The predicted octanol–water partition coefficient (Wildman–Crippen LogP) is 3.86. The van der Waals surface area contributed by atoms with E-state index in [-0.39, 0.29) is 5.91 Å². The lowest BCUT2D eigenvalue weighted by atomic mass is 10.1. The third-order valence-corrected chi connectivity index (χ3v) is 3.99. The minimum Gasteiger partial charge on any atom is -0.497 e. The van der Waals surface area contributed by atoms with Gasteiger partial charge in [0, 0.05) is 30.6 Å². The molecule has 1 N–H and O–H groups in total. The number of aryl methyl sites for hydroxylation is 1. The van der Waals surface area contributed by atoms with Gasteiger partial charge < -0.3 is 19.5 Å². The number of carbonyl (C=O) groups excluding carboxylic acids is 1. The van der Waals surface area contributed by atoms with Crippen LogP contribution in [0.2, 0.25) is 0 Å². The summed E-state index contributed by atoms with van der Waals surface area (Å²) >= 11 is 0. The van der Waals surface area contributed by atoms with Gasteiger partial charge in [0.1, 0.15) is 17.2 Å². The average molecular weight is 379 g/mol. The van der Waals surface area contributed by atoms with E-state index in [1.165, 1.54) is 6.20 Å². The van der Waals surface area contributed by atoms with Crippen LogP contribution in [0.5, 0.6) is 23.1 Å². The van der Waals surface area contributed by atoms with Crippen molar-refractivity contribution in [3.8, 4) is 23.1 Å². The number of amides is 1. The molecule has 0 spiro atoms. The van der Waals surface area contributed by atoms with Crippen LogP contribution in [0.3, 0.4) is 0 Å². The zero-order valence-electron chi connectivity index (χ0n) is 15.7.